The van der Waals surface area contributed by atoms with Crippen molar-refractivity contribution in [2.75, 3.05) is 5.88 Å². The molecule has 3 heteroatoms. The lowest BCUT2D eigenvalue weighted by molar-refractivity contribution is 1.39. The lowest BCUT2D eigenvalue weighted by atomic mass is 10.1. The van der Waals surface area contributed by atoms with Gasteiger partial charge in [0.15, 0.2) is 5.43 Å². The molecule has 0 saturated carbocycles. The third-order valence-corrected chi connectivity index (χ3v) is 2.36. The molecular weight excluding hydrogens is 210 g/mol. The van der Waals surface area contributed by atoms with Crippen LogP contribution in [0.3, 0.4) is 0 Å². The van der Waals surface area contributed by atoms with Gasteiger partial charge in [-0.25, -0.2) is 0 Å². The van der Waals surface area contributed by atoms with E-state index in [-0.39, 0.29) is 5.43 Å². The Balaban J connectivity index is 2.57. The van der Waals surface area contributed by atoms with E-state index in [1.54, 1.807) is 6.20 Å². The van der Waals surface area contributed by atoms with Gasteiger partial charge in [0.25, 0.3) is 0 Å². The van der Waals surface area contributed by atoms with Gasteiger partial charge in [-0.15, -0.1) is 11.6 Å². The standard InChI is InChI=1S/C12H10ClNO/c13-6-1-2-9-3-4-10-11(8-9)14-7-5-12(10)15/h1-5,7-8H,6H2,(H,14,15). The predicted molar refractivity (Wildman–Crippen MR) is 64.3 cm³/mol. The number of hydrogen-bond donors (Lipinski definition) is 1. The number of alkyl halides is 1. The number of halogens is 1. The average molecular weight is 220 g/mol. The average Bonchev–Trinajstić information content (AvgIpc) is 2.26. The number of aromatic amines is 1. The van der Waals surface area contributed by atoms with Gasteiger partial charge in [-0.1, -0.05) is 18.2 Å². The summed E-state index contributed by atoms with van der Waals surface area (Å²) in [4.78, 5) is 14.5. The number of pyridine rings is 1. The van der Waals surface area contributed by atoms with Gasteiger partial charge in [0, 0.05) is 29.0 Å². The highest BCUT2D eigenvalue weighted by atomic mass is 35.5. The molecule has 0 aliphatic heterocycles. The van der Waals surface area contributed by atoms with E-state index in [9.17, 15) is 4.79 Å². The summed E-state index contributed by atoms with van der Waals surface area (Å²) in [6.07, 6.45) is 5.45. The molecule has 0 bridgehead atoms. The van der Waals surface area contributed by atoms with Crippen molar-refractivity contribution in [1.82, 2.24) is 4.98 Å². The molecule has 0 radical (unpaired) electrons. The van der Waals surface area contributed by atoms with Crippen LogP contribution in [0.5, 0.6) is 0 Å². The van der Waals surface area contributed by atoms with E-state index in [4.69, 9.17) is 11.6 Å². The van der Waals surface area contributed by atoms with Gasteiger partial charge in [-0.3, -0.25) is 4.79 Å². The second-order valence-electron chi connectivity index (χ2n) is 3.20. The summed E-state index contributed by atoms with van der Waals surface area (Å²) in [5.74, 6) is 0.489. The summed E-state index contributed by atoms with van der Waals surface area (Å²) < 4.78 is 0. The van der Waals surface area contributed by atoms with Crippen LogP contribution in [-0.4, -0.2) is 10.9 Å². The van der Waals surface area contributed by atoms with Gasteiger partial charge in [0.05, 0.1) is 0 Å². The maximum Gasteiger partial charge on any atom is 0.189 e. The van der Waals surface area contributed by atoms with Crippen LogP contribution in [0.4, 0.5) is 0 Å². The molecule has 2 nitrogen and oxygen atoms in total. The lowest BCUT2D eigenvalue weighted by Crippen LogP contribution is -1.99. The van der Waals surface area contributed by atoms with Crippen LogP contribution in [0.25, 0.3) is 17.0 Å². The van der Waals surface area contributed by atoms with Gasteiger partial charge in [0.2, 0.25) is 0 Å². The van der Waals surface area contributed by atoms with E-state index < -0.39 is 0 Å². The maximum atomic E-state index is 11.4. The minimum absolute atomic E-state index is 0.0385. The predicted octanol–water partition coefficient (Wildman–Crippen LogP) is 2.78. The molecule has 0 fully saturated rings. The Labute approximate surface area is 92.2 Å². The summed E-state index contributed by atoms with van der Waals surface area (Å²) in [7, 11) is 0. The summed E-state index contributed by atoms with van der Waals surface area (Å²) in [6, 6.07) is 7.18. The molecule has 76 valence electrons. The van der Waals surface area contributed by atoms with Crippen LogP contribution in [0, 0.1) is 0 Å². The van der Waals surface area contributed by atoms with Crippen LogP contribution in [0.2, 0.25) is 0 Å². The zero-order valence-electron chi connectivity index (χ0n) is 8.03. The number of fused-ring (bicyclic) bond motifs is 1. The topological polar surface area (TPSA) is 32.9 Å². The lowest BCUT2D eigenvalue weighted by Gasteiger charge is -1.98. The molecule has 2 rings (SSSR count). The maximum absolute atomic E-state index is 11.4. The third kappa shape index (κ3) is 2.10. The zero-order valence-corrected chi connectivity index (χ0v) is 8.79. The van der Waals surface area contributed by atoms with Crippen molar-refractivity contribution in [3.8, 4) is 0 Å². The molecule has 1 heterocycles. The Hall–Kier alpha value is -1.54. The molecular formula is C12H10ClNO. The highest BCUT2D eigenvalue weighted by molar-refractivity contribution is 6.19. The van der Waals surface area contributed by atoms with Crippen LogP contribution >= 0.6 is 11.6 Å². The number of hydrogen-bond acceptors (Lipinski definition) is 1. The normalized spacial score (nSPS) is 11.3. The summed E-state index contributed by atoms with van der Waals surface area (Å²) in [5.41, 5.74) is 1.92. The molecule has 0 amide bonds. The SMILES string of the molecule is O=c1cc[nH]c2cc(C=CCCl)ccc12. The molecule has 1 aromatic carbocycles. The Morgan fingerprint density at radius 1 is 1.33 bits per heavy atom. The minimum Gasteiger partial charge on any atom is -0.361 e. The van der Waals surface area contributed by atoms with Crippen LogP contribution < -0.4 is 5.43 Å². The molecule has 0 unspecified atom stereocenters. The number of benzene rings is 1. The van der Waals surface area contributed by atoms with E-state index in [1.165, 1.54) is 6.07 Å². The van der Waals surface area contributed by atoms with Crippen molar-refractivity contribution in [3.63, 3.8) is 0 Å². The molecule has 0 aliphatic carbocycles. The highest BCUT2D eigenvalue weighted by Gasteiger charge is 1.97. The van der Waals surface area contributed by atoms with Crippen molar-refractivity contribution in [2.24, 2.45) is 0 Å². The number of nitrogens with one attached hydrogen (secondary N) is 1. The molecule has 0 aliphatic rings. The van der Waals surface area contributed by atoms with E-state index >= 15 is 0 Å². The first-order chi connectivity index (χ1) is 7.31. The molecule has 0 spiro atoms. The van der Waals surface area contributed by atoms with Crippen LogP contribution in [0.15, 0.2) is 41.3 Å². The second-order valence-corrected chi connectivity index (χ2v) is 3.51. The smallest absolute Gasteiger partial charge is 0.189 e. The monoisotopic (exact) mass is 219 g/mol. The van der Waals surface area contributed by atoms with Crippen molar-refractivity contribution in [2.45, 2.75) is 0 Å². The van der Waals surface area contributed by atoms with E-state index in [2.05, 4.69) is 4.98 Å². The number of aromatic nitrogens is 1. The molecule has 1 N–H and O–H groups in total. The molecule has 0 atom stereocenters. The summed E-state index contributed by atoms with van der Waals surface area (Å²) in [6.45, 7) is 0. The van der Waals surface area contributed by atoms with E-state index in [1.807, 2.05) is 30.4 Å². The Morgan fingerprint density at radius 3 is 3.00 bits per heavy atom. The van der Waals surface area contributed by atoms with Gasteiger partial charge in [-0.2, -0.15) is 0 Å². The summed E-state index contributed by atoms with van der Waals surface area (Å²) in [5, 5.41) is 0.709. The van der Waals surface area contributed by atoms with Crippen LogP contribution in [0.1, 0.15) is 5.56 Å². The molecule has 15 heavy (non-hydrogen) atoms. The fourth-order valence-corrected chi connectivity index (χ4v) is 1.57. The number of allylic oxidation sites excluding steroid dienone is 1. The van der Waals surface area contributed by atoms with Gasteiger partial charge < -0.3 is 4.98 Å². The Bertz CT molecular complexity index is 557. The molecule has 0 saturated heterocycles. The number of rotatable bonds is 2. The fraction of sp³-hybridized carbons (Fsp3) is 0.0833. The second kappa shape index (κ2) is 4.32. The highest BCUT2D eigenvalue weighted by Crippen LogP contribution is 2.11. The first-order valence-electron chi connectivity index (χ1n) is 4.65. The van der Waals surface area contributed by atoms with Crippen LogP contribution in [-0.2, 0) is 0 Å². The fourth-order valence-electron chi connectivity index (χ4n) is 1.48. The number of H-pyrrole nitrogens is 1. The largest absolute Gasteiger partial charge is 0.361 e. The van der Waals surface area contributed by atoms with E-state index in [0.29, 0.717) is 11.3 Å². The first kappa shape index (κ1) is 9.99. The van der Waals surface area contributed by atoms with Crippen molar-refractivity contribution >= 4 is 28.6 Å². The minimum atomic E-state index is 0.0385. The molecule has 2 aromatic rings. The summed E-state index contributed by atoms with van der Waals surface area (Å²) >= 11 is 5.55. The Morgan fingerprint density at radius 2 is 2.20 bits per heavy atom. The van der Waals surface area contributed by atoms with Gasteiger partial charge in [0.1, 0.15) is 0 Å². The van der Waals surface area contributed by atoms with Gasteiger partial charge in [-0.05, 0) is 17.7 Å². The van der Waals surface area contributed by atoms with Gasteiger partial charge >= 0.3 is 0 Å². The van der Waals surface area contributed by atoms with Crippen molar-refractivity contribution < 1.29 is 0 Å². The zero-order chi connectivity index (χ0) is 10.7. The molecule has 1 aromatic heterocycles. The van der Waals surface area contributed by atoms with Crippen molar-refractivity contribution in [3.05, 3.63) is 52.3 Å². The van der Waals surface area contributed by atoms with Crippen molar-refractivity contribution in [1.29, 1.82) is 0 Å². The quantitative estimate of drug-likeness (QED) is 0.775. The first-order valence-corrected chi connectivity index (χ1v) is 5.18. The Kier molecular flexibility index (Phi) is 2.88. The third-order valence-electron chi connectivity index (χ3n) is 2.18. The van der Waals surface area contributed by atoms with E-state index in [0.717, 1.165) is 11.1 Å².